The fourth-order valence-electron chi connectivity index (χ4n) is 3.44. The van der Waals surface area contributed by atoms with Gasteiger partial charge in [-0.05, 0) is 30.7 Å². The van der Waals surface area contributed by atoms with Gasteiger partial charge < -0.3 is 10.6 Å². The Morgan fingerprint density at radius 1 is 1.33 bits per heavy atom. The number of carbonyl (C=O) groups is 1. The van der Waals surface area contributed by atoms with Crippen LogP contribution in [0.4, 0.5) is 4.39 Å². The summed E-state index contributed by atoms with van der Waals surface area (Å²) in [7, 11) is 0. The predicted molar refractivity (Wildman–Crippen MR) is 98.7 cm³/mol. The Bertz CT molecular complexity index is 950. The van der Waals surface area contributed by atoms with E-state index in [2.05, 4.69) is 20.6 Å². The van der Waals surface area contributed by atoms with Crippen LogP contribution < -0.4 is 10.6 Å². The summed E-state index contributed by atoms with van der Waals surface area (Å²) in [5.74, 6) is -0.146. The normalized spacial score (nSPS) is 16.7. The molecule has 2 N–H and O–H groups in total. The van der Waals surface area contributed by atoms with Gasteiger partial charge in [-0.2, -0.15) is 5.10 Å². The molecule has 0 spiro atoms. The van der Waals surface area contributed by atoms with Gasteiger partial charge in [0.05, 0.1) is 18.7 Å². The Labute approximate surface area is 156 Å². The van der Waals surface area contributed by atoms with Crippen molar-refractivity contribution in [3.05, 3.63) is 53.7 Å². The largest absolute Gasteiger partial charge is 0.354 e. The van der Waals surface area contributed by atoms with Crippen molar-refractivity contribution in [3.63, 3.8) is 0 Å². The predicted octanol–water partition coefficient (Wildman–Crippen LogP) is 1.40. The van der Waals surface area contributed by atoms with Gasteiger partial charge in [0.15, 0.2) is 5.65 Å². The maximum absolute atomic E-state index is 13.2. The molecule has 1 atom stereocenters. The quantitative estimate of drug-likeness (QED) is 0.687. The highest BCUT2D eigenvalue weighted by Crippen LogP contribution is 2.26. The van der Waals surface area contributed by atoms with Crippen LogP contribution in [-0.4, -0.2) is 45.3 Å². The van der Waals surface area contributed by atoms with E-state index in [1.54, 1.807) is 29.2 Å². The molecular formula is C19H21FN6O. The van der Waals surface area contributed by atoms with Gasteiger partial charge in [-0.1, -0.05) is 12.1 Å². The average Bonchev–Trinajstić information content (AvgIpc) is 3.30. The summed E-state index contributed by atoms with van der Waals surface area (Å²) in [6, 6.07) is 6.08. The van der Waals surface area contributed by atoms with Gasteiger partial charge in [-0.15, -0.1) is 0 Å². The molecule has 3 heterocycles. The Kier molecular flexibility index (Phi) is 5.06. The lowest BCUT2D eigenvalue weighted by Gasteiger charge is -2.07. The summed E-state index contributed by atoms with van der Waals surface area (Å²) in [6.07, 6.45) is 4.52. The molecule has 1 amide bonds. The van der Waals surface area contributed by atoms with Gasteiger partial charge in [0, 0.05) is 31.4 Å². The third-order valence-corrected chi connectivity index (χ3v) is 4.74. The van der Waals surface area contributed by atoms with E-state index in [-0.39, 0.29) is 18.1 Å². The minimum Gasteiger partial charge on any atom is -0.354 e. The van der Waals surface area contributed by atoms with E-state index in [9.17, 15) is 9.18 Å². The monoisotopic (exact) mass is 368 g/mol. The molecule has 140 valence electrons. The minimum atomic E-state index is -0.337. The van der Waals surface area contributed by atoms with Crippen molar-refractivity contribution < 1.29 is 9.18 Å². The second kappa shape index (κ2) is 7.79. The van der Waals surface area contributed by atoms with Crippen LogP contribution in [0.25, 0.3) is 11.2 Å². The van der Waals surface area contributed by atoms with Crippen molar-refractivity contribution in [1.29, 1.82) is 0 Å². The molecule has 0 unspecified atom stereocenters. The standard InChI is InChI=1S/C19H21FN6O/c20-15-3-1-2-13(10-15)11-16(27)22-8-9-26-19-18(23-6-7-24-19)17(25-26)14-4-5-21-12-14/h1-3,6-7,10,14,21H,4-5,8-9,11-12H2,(H,22,27)/t14-/m1/s1. The van der Waals surface area contributed by atoms with E-state index < -0.39 is 0 Å². The SMILES string of the molecule is O=C(Cc1cccc(F)c1)NCCn1nc([C@@H]2CCNC2)c2nccnc21. The lowest BCUT2D eigenvalue weighted by molar-refractivity contribution is -0.120. The first-order valence-electron chi connectivity index (χ1n) is 9.10. The van der Waals surface area contributed by atoms with Gasteiger partial charge in [0.25, 0.3) is 0 Å². The number of fused-ring (bicyclic) bond motifs is 1. The van der Waals surface area contributed by atoms with Crippen LogP contribution in [0, 0.1) is 5.82 Å². The second-order valence-corrected chi connectivity index (χ2v) is 6.68. The lowest BCUT2D eigenvalue weighted by atomic mass is 10.0. The maximum atomic E-state index is 13.2. The molecule has 0 aliphatic carbocycles. The summed E-state index contributed by atoms with van der Waals surface area (Å²) < 4.78 is 15.0. The summed E-state index contributed by atoms with van der Waals surface area (Å²) in [6.45, 7) is 2.80. The van der Waals surface area contributed by atoms with Crippen molar-refractivity contribution in [2.45, 2.75) is 25.3 Å². The van der Waals surface area contributed by atoms with E-state index in [0.29, 0.717) is 24.6 Å². The highest BCUT2D eigenvalue weighted by molar-refractivity contribution is 5.78. The molecule has 1 saturated heterocycles. The first-order chi connectivity index (χ1) is 13.2. The van der Waals surface area contributed by atoms with Crippen LogP contribution >= 0.6 is 0 Å². The van der Waals surface area contributed by atoms with Crippen molar-refractivity contribution in [2.75, 3.05) is 19.6 Å². The molecule has 1 fully saturated rings. The maximum Gasteiger partial charge on any atom is 0.224 e. The van der Waals surface area contributed by atoms with Gasteiger partial charge in [-0.3, -0.25) is 4.79 Å². The fourth-order valence-corrected chi connectivity index (χ4v) is 3.44. The van der Waals surface area contributed by atoms with E-state index >= 15 is 0 Å². The Balaban J connectivity index is 1.41. The van der Waals surface area contributed by atoms with Gasteiger partial charge in [0.2, 0.25) is 5.91 Å². The average molecular weight is 368 g/mol. The lowest BCUT2D eigenvalue weighted by Crippen LogP contribution is -2.29. The Morgan fingerprint density at radius 2 is 2.22 bits per heavy atom. The zero-order valence-electron chi connectivity index (χ0n) is 14.9. The molecule has 1 aliphatic heterocycles. The number of nitrogens with one attached hydrogen (secondary N) is 2. The molecule has 8 heteroatoms. The van der Waals surface area contributed by atoms with Crippen molar-refractivity contribution >= 4 is 17.1 Å². The Hall–Kier alpha value is -2.87. The van der Waals surface area contributed by atoms with Crippen molar-refractivity contribution in [2.24, 2.45) is 0 Å². The topological polar surface area (TPSA) is 84.7 Å². The number of halogens is 1. The van der Waals surface area contributed by atoms with Gasteiger partial charge in [-0.25, -0.2) is 19.0 Å². The molecule has 1 aromatic carbocycles. The molecule has 1 aliphatic rings. The van der Waals surface area contributed by atoms with E-state index in [4.69, 9.17) is 5.10 Å². The van der Waals surface area contributed by atoms with Crippen LogP contribution in [0.5, 0.6) is 0 Å². The summed E-state index contributed by atoms with van der Waals surface area (Å²) in [4.78, 5) is 21.0. The number of benzene rings is 1. The molecule has 0 saturated carbocycles. The number of nitrogens with zero attached hydrogens (tertiary/aromatic N) is 4. The van der Waals surface area contributed by atoms with Crippen LogP contribution in [0.3, 0.4) is 0 Å². The van der Waals surface area contributed by atoms with Gasteiger partial charge in [0.1, 0.15) is 11.3 Å². The number of hydrogen-bond donors (Lipinski definition) is 2. The number of amides is 1. The van der Waals surface area contributed by atoms with Crippen LogP contribution in [-0.2, 0) is 17.8 Å². The summed E-state index contributed by atoms with van der Waals surface area (Å²) in [5, 5.41) is 10.9. The smallest absolute Gasteiger partial charge is 0.224 e. The van der Waals surface area contributed by atoms with Crippen LogP contribution in [0.1, 0.15) is 23.6 Å². The van der Waals surface area contributed by atoms with Crippen molar-refractivity contribution in [1.82, 2.24) is 30.4 Å². The van der Waals surface area contributed by atoms with E-state index in [1.165, 1.54) is 12.1 Å². The minimum absolute atomic E-state index is 0.149. The van der Waals surface area contributed by atoms with Gasteiger partial charge >= 0.3 is 0 Å². The van der Waals surface area contributed by atoms with E-state index in [1.807, 2.05) is 0 Å². The van der Waals surface area contributed by atoms with Crippen LogP contribution in [0.15, 0.2) is 36.7 Å². The highest BCUT2D eigenvalue weighted by atomic mass is 19.1. The molecule has 0 radical (unpaired) electrons. The molecule has 27 heavy (non-hydrogen) atoms. The molecular weight excluding hydrogens is 347 g/mol. The zero-order chi connectivity index (χ0) is 18.6. The van der Waals surface area contributed by atoms with Crippen LogP contribution in [0.2, 0.25) is 0 Å². The third kappa shape index (κ3) is 3.95. The summed E-state index contributed by atoms with van der Waals surface area (Å²) >= 11 is 0. The zero-order valence-corrected chi connectivity index (χ0v) is 14.9. The number of rotatable bonds is 6. The summed E-state index contributed by atoms with van der Waals surface area (Å²) in [5.41, 5.74) is 3.18. The molecule has 2 aromatic heterocycles. The number of carbonyl (C=O) groups excluding carboxylic acids is 1. The number of aromatic nitrogens is 4. The number of hydrogen-bond acceptors (Lipinski definition) is 5. The molecule has 3 aromatic rings. The molecule has 0 bridgehead atoms. The fraction of sp³-hybridized carbons (Fsp3) is 0.368. The van der Waals surface area contributed by atoms with E-state index in [0.717, 1.165) is 36.4 Å². The Morgan fingerprint density at radius 3 is 3.04 bits per heavy atom. The third-order valence-electron chi connectivity index (χ3n) is 4.74. The second-order valence-electron chi connectivity index (χ2n) is 6.68. The molecule has 4 rings (SSSR count). The first-order valence-corrected chi connectivity index (χ1v) is 9.10. The first kappa shape index (κ1) is 17.5. The molecule has 7 nitrogen and oxygen atoms in total. The highest BCUT2D eigenvalue weighted by Gasteiger charge is 2.24. The van der Waals surface area contributed by atoms with Crippen molar-refractivity contribution in [3.8, 4) is 0 Å².